The molecule has 72 valence electrons. The van der Waals surface area contributed by atoms with E-state index in [0.717, 1.165) is 12.5 Å². The minimum Gasteiger partial charge on any atom is -0.348 e. The molecule has 0 aromatic carbocycles. The summed E-state index contributed by atoms with van der Waals surface area (Å²) in [5, 5.41) is 3.63. The lowest BCUT2D eigenvalue weighted by Crippen LogP contribution is -2.22. The van der Waals surface area contributed by atoms with Crippen LogP contribution in [-0.4, -0.2) is 29.7 Å². The highest BCUT2D eigenvalue weighted by Gasteiger charge is 2.36. The molecule has 0 amide bonds. The number of hydrogen-bond acceptors (Lipinski definition) is 3. The molecule has 2 fully saturated rings. The normalized spacial score (nSPS) is 34.1. The largest absolute Gasteiger partial charge is 0.348 e. The molecule has 2 bridgehead atoms. The van der Waals surface area contributed by atoms with Gasteiger partial charge in [-0.15, -0.1) is 0 Å². The van der Waals surface area contributed by atoms with Gasteiger partial charge in [0.2, 0.25) is 5.76 Å². The highest BCUT2D eigenvalue weighted by atomic mass is 16.5. The summed E-state index contributed by atoms with van der Waals surface area (Å²) >= 11 is 0. The van der Waals surface area contributed by atoms with Crippen LogP contribution in [0, 0.1) is 23.7 Å². The van der Waals surface area contributed by atoms with E-state index in [1.807, 2.05) is 0 Å². The number of hydrogen-bond donors (Lipinski definition) is 0. The minimum atomic E-state index is 0.550. The average Bonchev–Trinajstić information content (AvgIpc) is 2.91. The lowest BCUT2D eigenvalue weighted by Gasteiger charge is -2.16. The van der Waals surface area contributed by atoms with Crippen molar-refractivity contribution in [3.8, 4) is 11.8 Å². The van der Waals surface area contributed by atoms with E-state index >= 15 is 0 Å². The molecule has 2 aliphatic rings. The van der Waals surface area contributed by atoms with Gasteiger partial charge >= 0.3 is 0 Å². The fraction of sp³-hybridized carbons (Fsp3) is 0.545. The zero-order chi connectivity index (χ0) is 9.38. The highest BCUT2D eigenvalue weighted by Crippen LogP contribution is 2.32. The zero-order valence-electron chi connectivity index (χ0n) is 7.94. The van der Waals surface area contributed by atoms with Crippen molar-refractivity contribution in [2.75, 3.05) is 19.6 Å². The van der Waals surface area contributed by atoms with Gasteiger partial charge in [0.1, 0.15) is 0 Å². The molecule has 14 heavy (non-hydrogen) atoms. The Kier molecular flexibility index (Phi) is 1.81. The van der Waals surface area contributed by atoms with Crippen LogP contribution in [0.1, 0.15) is 12.2 Å². The molecule has 3 unspecified atom stereocenters. The van der Waals surface area contributed by atoms with Gasteiger partial charge in [0, 0.05) is 25.1 Å². The van der Waals surface area contributed by atoms with Gasteiger partial charge < -0.3 is 9.42 Å². The first-order chi connectivity index (χ1) is 6.92. The molecule has 0 N–H and O–H groups in total. The predicted octanol–water partition coefficient (Wildman–Crippen LogP) is 0.978. The maximum absolute atomic E-state index is 4.94. The van der Waals surface area contributed by atoms with Crippen molar-refractivity contribution in [3.05, 3.63) is 18.0 Å². The highest BCUT2D eigenvalue weighted by molar-refractivity contribution is 5.25. The van der Waals surface area contributed by atoms with Crippen LogP contribution in [0.4, 0.5) is 0 Å². The van der Waals surface area contributed by atoms with Gasteiger partial charge in [-0.1, -0.05) is 11.1 Å². The summed E-state index contributed by atoms with van der Waals surface area (Å²) in [4.78, 5) is 2.49. The maximum atomic E-state index is 4.94. The number of piperidine rings is 1. The average molecular weight is 188 g/mol. The second-order valence-electron chi connectivity index (χ2n) is 4.06. The summed E-state index contributed by atoms with van der Waals surface area (Å²) in [7, 11) is 0. The number of rotatable bonds is 0. The standard InChI is InChI=1S/C11H12N2O/c1(2-11-3-5-12-14-11)9-7-13-6-4-10(9)8-13/h3,5,9-10H,4,6-8H2. The van der Waals surface area contributed by atoms with Gasteiger partial charge in [-0.25, -0.2) is 0 Å². The zero-order valence-corrected chi connectivity index (χ0v) is 7.94. The summed E-state index contributed by atoms with van der Waals surface area (Å²) in [5.41, 5.74) is 0. The summed E-state index contributed by atoms with van der Waals surface area (Å²) < 4.78 is 4.94. The first kappa shape index (κ1) is 8.07. The molecule has 3 heterocycles. The third-order valence-corrected chi connectivity index (χ3v) is 3.15. The second kappa shape index (κ2) is 3.14. The lowest BCUT2D eigenvalue weighted by atomic mass is 9.93. The number of nitrogens with zero attached hydrogens (tertiary/aromatic N) is 2. The molecular formula is C11H12N2O. The molecule has 3 nitrogen and oxygen atoms in total. The summed E-state index contributed by atoms with van der Waals surface area (Å²) in [6.45, 7) is 3.66. The van der Waals surface area contributed by atoms with E-state index < -0.39 is 0 Å². The Balaban J connectivity index is 1.73. The number of fused-ring (bicyclic) bond motifs is 2. The van der Waals surface area contributed by atoms with Crippen molar-refractivity contribution in [1.29, 1.82) is 0 Å². The Morgan fingerprint density at radius 1 is 1.50 bits per heavy atom. The summed E-state index contributed by atoms with van der Waals surface area (Å²) in [6.07, 6.45) is 2.95. The second-order valence-corrected chi connectivity index (χ2v) is 4.06. The van der Waals surface area contributed by atoms with Crippen molar-refractivity contribution in [2.24, 2.45) is 11.8 Å². The van der Waals surface area contributed by atoms with Gasteiger partial charge in [-0.3, -0.25) is 0 Å². The van der Waals surface area contributed by atoms with Crippen LogP contribution in [-0.2, 0) is 0 Å². The Bertz CT molecular complexity index is 374. The van der Waals surface area contributed by atoms with E-state index in [0.29, 0.717) is 11.7 Å². The van der Waals surface area contributed by atoms with Crippen LogP contribution in [0.25, 0.3) is 0 Å². The van der Waals surface area contributed by atoms with Crippen LogP contribution in [0.15, 0.2) is 16.8 Å². The fourth-order valence-corrected chi connectivity index (χ4v) is 2.39. The molecule has 0 radical (unpaired) electrons. The smallest absolute Gasteiger partial charge is 0.209 e. The minimum absolute atomic E-state index is 0.550. The molecule has 1 aromatic heterocycles. The molecular weight excluding hydrogens is 176 g/mol. The Morgan fingerprint density at radius 3 is 3.14 bits per heavy atom. The maximum Gasteiger partial charge on any atom is 0.209 e. The molecule has 0 saturated carbocycles. The third-order valence-electron chi connectivity index (χ3n) is 3.15. The molecule has 1 aromatic rings. The van der Waals surface area contributed by atoms with Crippen LogP contribution in [0.2, 0.25) is 0 Å². The molecule has 3 atom stereocenters. The molecule has 3 rings (SSSR count). The molecule has 2 saturated heterocycles. The van der Waals surface area contributed by atoms with Crippen molar-refractivity contribution < 1.29 is 4.52 Å². The van der Waals surface area contributed by atoms with Gasteiger partial charge in [0.15, 0.2) is 0 Å². The Hall–Kier alpha value is -1.27. The topological polar surface area (TPSA) is 29.3 Å². The number of aromatic nitrogens is 1. The first-order valence-electron chi connectivity index (χ1n) is 5.06. The quantitative estimate of drug-likeness (QED) is 0.568. The van der Waals surface area contributed by atoms with Gasteiger partial charge in [0.25, 0.3) is 0 Å². The molecule has 3 heteroatoms. The van der Waals surface area contributed by atoms with E-state index in [2.05, 4.69) is 21.9 Å². The van der Waals surface area contributed by atoms with E-state index in [1.54, 1.807) is 12.3 Å². The fourth-order valence-electron chi connectivity index (χ4n) is 2.39. The van der Waals surface area contributed by atoms with Crippen LogP contribution in [0.3, 0.4) is 0 Å². The van der Waals surface area contributed by atoms with E-state index in [-0.39, 0.29) is 0 Å². The Morgan fingerprint density at radius 2 is 2.50 bits per heavy atom. The SMILES string of the molecule is C(#CC1CN2CCC1C2)c1ccno1. The Labute approximate surface area is 83.1 Å². The molecule has 2 aliphatic heterocycles. The van der Waals surface area contributed by atoms with E-state index in [1.165, 1.54) is 19.5 Å². The van der Waals surface area contributed by atoms with Crippen molar-refractivity contribution in [3.63, 3.8) is 0 Å². The summed E-state index contributed by atoms with van der Waals surface area (Å²) in [6, 6.07) is 1.81. The van der Waals surface area contributed by atoms with Gasteiger partial charge in [-0.05, 0) is 24.8 Å². The van der Waals surface area contributed by atoms with Crippen molar-refractivity contribution in [2.45, 2.75) is 6.42 Å². The predicted molar refractivity (Wildman–Crippen MR) is 51.4 cm³/mol. The van der Waals surface area contributed by atoms with Crippen LogP contribution in [0.5, 0.6) is 0 Å². The monoisotopic (exact) mass is 188 g/mol. The van der Waals surface area contributed by atoms with Crippen molar-refractivity contribution >= 4 is 0 Å². The van der Waals surface area contributed by atoms with Crippen LogP contribution >= 0.6 is 0 Å². The van der Waals surface area contributed by atoms with Crippen LogP contribution < -0.4 is 0 Å². The summed E-state index contributed by atoms with van der Waals surface area (Å²) in [5.74, 6) is 8.37. The third kappa shape index (κ3) is 1.32. The molecule has 0 spiro atoms. The van der Waals surface area contributed by atoms with E-state index in [9.17, 15) is 0 Å². The van der Waals surface area contributed by atoms with E-state index in [4.69, 9.17) is 4.52 Å². The van der Waals surface area contributed by atoms with Gasteiger partial charge in [0.05, 0.1) is 6.20 Å². The van der Waals surface area contributed by atoms with Gasteiger partial charge in [-0.2, -0.15) is 0 Å². The van der Waals surface area contributed by atoms with Crippen molar-refractivity contribution in [1.82, 2.24) is 10.1 Å². The lowest BCUT2D eigenvalue weighted by molar-refractivity contribution is 0.339. The first-order valence-corrected chi connectivity index (χ1v) is 5.06. The molecule has 0 aliphatic carbocycles.